The number of hydrogen-bond acceptors (Lipinski definition) is 4. The van der Waals surface area contributed by atoms with E-state index in [0.717, 1.165) is 40.8 Å². The van der Waals surface area contributed by atoms with E-state index in [0.29, 0.717) is 24.5 Å². The SMILES string of the molecule is N#CC[C@@H](C1CCCC1)n1ncc2c1C(=O)C1=CCc3nccc-2c31. The molecule has 2 heterocycles. The predicted octanol–water partition coefficient (Wildman–Crippen LogP) is 3.73. The molecule has 1 saturated carbocycles. The first-order chi connectivity index (χ1) is 12.3. The third kappa shape index (κ3) is 1.97. The third-order valence-electron chi connectivity index (χ3n) is 5.90. The van der Waals surface area contributed by atoms with E-state index in [-0.39, 0.29) is 11.8 Å². The molecule has 5 heteroatoms. The maximum Gasteiger partial charge on any atom is 0.212 e. The molecule has 5 rings (SSSR count). The highest BCUT2D eigenvalue weighted by molar-refractivity contribution is 6.34. The maximum atomic E-state index is 13.2. The molecule has 124 valence electrons. The lowest BCUT2D eigenvalue weighted by atomic mass is 9.86. The molecular formula is C20H18N4O. The Morgan fingerprint density at radius 3 is 2.96 bits per heavy atom. The van der Waals surface area contributed by atoms with Crippen LogP contribution in [0.3, 0.4) is 0 Å². The Morgan fingerprint density at radius 2 is 2.16 bits per heavy atom. The first-order valence-electron chi connectivity index (χ1n) is 8.97. The fraction of sp³-hybridized carbons (Fsp3) is 0.400. The van der Waals surface area contributed by atoms with Crippen LogP contribution in [0.1, 0.15) is 59.9 Å². The molecule has 3 aliphatic carbocycles. The Hall–Kier alpha value is -2.74. The number of carbonyl (C=O) groups is 1. The lowest BCUT2D eigenvalue weighted by Gasteiger charge is -2.25. The number of rotatable bonds is 3. The summed E-state index contributed by atoms with van der Waals surface area (Å²) in [6.45, 7) is 0. The molecule has 0 spiro atoms. The number of aromatic nitrogens is 3. The highest BCUT2D eigenvalue weighted by Crippen LogP contribution is 2.45. The second kappa shape index (κ2) is 5.38. The van der Waals surface area contributed by atoms with Crippen LogP contribution >= 0.6 is 0 Å². The van der Waals surface area contributed by atoms with E-state index in [2.05, 4.69) is 16.2 Å². The number of fused-ring (bicyclic) bond motifs is 2. The number of nitrogens with zero attached hydrogens (tertiary/aromatic N) is 4. The van der Waals surface area contributed by atoms with Crippen molar-refractivity contribution in [2.24, 2.45) is 5.92 Å². The first-order valence-corrected chi connectivity index (χ1v) is 8.97. The largest absolute Gasteiger partial charge is 0.287 e. The smallest absolute Gasteiger partial charge is 0.212 e. The fourth-order valence-electron chi connectivity index (χ4n) is 4.75. The van der Waals surface area contributed by atoms with Gasteiger partial charge in [0.15, 0.2) is 0 Å². The average molecular weight is 330 g/mol. The molecule has 0 N–H and O–H groups in total. The van der Waals surface area contributed by atoms with Crippen molar-refractivity contribution in [2.75, 3.05) is 0 Å². The van der Waals surface area contributed by atoms with E-state index in [1.54, 1.807) is 6.20 Å². The Balaban J connectivity index is 1.69. The third-order valence-corrected chi connectivity index (χ3v) is 5.90. The zero-order valence-electron chi connectivity index (χ0n) is 13.9. The van der Waals surface area contributed by atoms with Gasteiger partial charge in [-0.2, -0.15) is 10.4 Å². The van der Waals surface area contributed by atoms with Crippen LogP contribution in [0.5, 0.6) is 0 Å². The highest BCUT2D eigenvalue weighted by atomic mass is 16.1. The molecule has 25 heavy (non-hydrogen) atoms. The molecule has 0 aliphatic heterocycles. The molecule has 0 amide bonds. The first kappa shape index (κ1) is 14.6. The molecule has 3 aliphatic rings. The molecule has 1 fully saturated rings. The van der Waals surface area contributed by atoms with Crippen molar-refractivity contribution in [3.63, 3.8) is 0 Å². The molecule has 0 aromatic carbocycles. The summed E-state index contributed by atoms with van der Waals surface area (Å²) in [6, 6.07) is 4.28. The molecule has 0 unspecified atom stereocenters. The van der Waals surface area contributed by atoms with Gasteiger partial charge in [-0.15, -0.1) is 0 Å². The average Bonchev–Trinajstić information content (AvgIpc) is 3.37. The normalized spacial score (nSPS) is 19.3. The van der Waals surface area contributed by atoms with Crippen LogP contribution in [-0.2, 0) is 6.42 Å². The highest BCUT2D eigenvalue weighted by Gasteiger charge is 2.38. The molecule has 1 atom stereocenters. The van der Waals surface area contributed by atoms with Crippen LogP contribution in [0.2, 0.25) is 0 Å². The molecule has 5 nitrogen and oxygen atoms in total. The molecule has 2 aromatic rings. The molecule has 0 bridgehead atoms. The van der Waals surface area contributed by atoms with Gasteiger partial charge < -0.3 is 0 Å². The molecular weight excluding hydrogens is 312 g/mol. The molecule has 0 saturated heterocycles. The van der Waals surface area contributed by atoms with E-state index >= 15 is 0 Å². The van der Waals surface area contributed by atoms with Crippen LogP contribution in [0.15, 0.2) is 24.5 Å². The van der Waals surface area contributed by atoms with Gasteiger partial charge in [0.05, 0.1) is 30.4 Å². The van der Waals surface area contributed by atoms with E-state index in [9.17, 15) is 10.1 Å². The predicted molar refractivity (Wildman–Crippen MR) is 92.7 cm³/mol. The quantitative estimate of drug-likeness (QED) is 0.860. The van der Waals surface area contributed by atoms with Crippen molar-refractivity contribution in [3.8, 4) is 17.2 Å². The van der Waals surface area contributed by atoms with Crippen LogP contribution in [0, 0.1) is 17.2 Å². The van der Waals surface area contributed by atoms with Crippen LogP contribution < -0.4 is 0 Å². The second-order valence-electron chi connectivity index (χ2n) is 7.16. The topological polar surface area (TPSA) is 71.6 Å². The van der Waals surface area contributed by atoms with Crippen molar-refractivity contribution in [3.05, 3.63) is 41.5 Å². The van der Waals surface area contributed by atoms with Crippen LogP contribution in [0.25, 0.3) is 16.7 Å². The zero-order valence-corrected chi connectivity index (χ0v) is 13.9. The number of carbonyl (C=O) groups excluding carboxylic acids is 1. The standard InChI is InChI=1S/C20H18N4O/c21-9-7-17(12-3-1-2-4-12)24-19-15(11-23-24)13-8-10-22-16-6-5-14(18(13)16)20(19)25/h5,8,10-12,17H,1-4,6-7H2/t17-/m0/s1. The number of pyridine rings is 1. The van der Waals surface area contributed by atoms with Gasteiger partial charge in [0.2, 0.25) is 5.78 Å². The Labute approximate surface area is 146 Å². The Bertz CT molecular complexity index is 957. The van der Waals surface area contributed by atoms with Gasteiger partial charge in [-0.3, -0.25) is 14.5 Å². The minimum Gasteiger partial charge on any atom is -0.287 e. The molecule has 2 aromatic heterocycles. The van der Waals surface area contributed by atoms with E-state index in [1.165, 1.54) is 12.8 Å². The summed E-state index contributed by atoms with van der Waals surface area (Å²) in [5, 5.41) is 13.9. The lowest BCUT2D eigenvalue weighted by molar-refractivity contribution is 0.104. The van der Waals surface area contributed by atoms with Crippen molar-refractivity contribution in [1.82, 2.24) is 14.8 Å². The zero-order chi connectivity index (χ0) is 17.0. The number of allylic oxidation sites excluding steroid dienone is 2. The van der Waals surface area contributed by atoms with Crippen LogP contribution in [-0.4, -0.2) is 20.5 Å². The minimum absolute atomic E-state index is 0.00920. The number of hydrogen-bond donors (Lipinski definition) is 0. The summed E-state index contributed by atoms with van der Waals surface area (Å²) >= 11 is 0. The summed E-state index contributed by atoms with van der Waals surface area (Å²) in [7, 11) is 0. The summed E-state index contributed by atoms with van der Waals surface area (Å²) in [4.78, 5) is 17.6. The Kier molecular flexibility index (Phi) is 3.14. The van der Waals surface area contributed by atoms with Crippen molar-refractivity contribution in [2.45, 2.75) is 44.6 Å². The van der Waals surface area contributed by atoms with E-state index in [1.807, 2.05) is 23.0 Å². The van der Waals surface area contributed by atoms with Gasteiger partial charge in [-0.25, -0.2) is 0 Å². The van der Waals surface area contributed by atoms with Crippen molar-refractivity contribution >= 4 is 11.4 Å². The van der Waals surface area contributed by atoms with Crippen molar-refractivity contribution in [1.29, 1.82) is 5.26 Å². The number of nitriles is 1. The number of Topliss-reactive ketones (excluding diaryl/α,β-unsaturated/α-hetero) is 1. The van der Waals surface area contributed by atoms with Crippen LogP contribution in [0.4, 0.5) is 0 Å². The van der Waals surface area contributed by atoms with Gasteiger partial charge in [-0.05, 0) is 30.4 Å². The van der Waals surface area contributed by atoms with Gasteiger partial charge >= 0.3 is 0 Å². The Morgan fingerprint density at radius 1 is 1.32 bits per heavy atom. The van der Waals surface area contributed by atoms with Gasteiger partial charge in [0.25, 0.3) is 0 Å². The van der Waals surface area contributed by atoms with E-state index in [4.69, 9.17) is 0 Å². The van der Waals surface area contributed by atoms with Crippen molar-refractivity contribution < 1.29 is 4.79 Å². The fourth-order valence-corrected chi connectivity index (χ4v) is 4.75. The lowest BCUT2D eigenvalue weighted by Crippen LogP contribution is -2.24. The summed E-state index contributed by atoms with van der Waals surface area (Å²) < 4.78 is 1.86. The summed E-state index contributed by atoms with van der Waals surface area (Å²) in [6.07, 6.45) is 11.3. The molecule has 0 radical (unpaired) electrons. The summed E-state index contributed by atoms with van der Waals surface area (Å²) in [5.74, 6) is 0.469. The monoisotopic (exact) mass is 330 g/mol. The summed E-state index contributed by atoms with van der Waals surface area (Å²) in [5.41, 5.74) is 5.32. The number of ketones is 1. The second-order valence-corrected chi connectivity index (χ2v) is 7.16. The minimum atomic E-state index is -0.00920. The van der Waals surface area contributed by atoms with Gasteiger partial charge in [0, 0.05) is 29.3 Å². The van der Waals surface area contributed by atoms with Gasteiger partial charge in [-0.1, -0.05) is 18.9 Å². The maximum absolute atomic E-state index is 13.2. The van der Waals surface area contributed by atoms with Gasteiger partial charge in [0.1, 0.15) is 5.69 Å². The van der Waals surface area contributed by atoms with E-state index < -0.39 is 0 Å².